The molecule has 3 atom stereocenters. The van der Waals surface area contributed by atoms with Gasteiger partial charge in [-0.05, 0) is 39.5 Å². The number of carbonyl (C=O) groups excluding carboxylic acids is 3. The van der Waals surface area contributed by atoms with E-state index >= 15 is 0 Å². The Morgan fingerprint density at radius 3 is 1.19 bits per heavy atom. The minimum Gasteiger partial charge on any atom is -0.296 e. The summed E-state index contributed by atoms with van der Waals surface area (Å²) in [6.45, 7) is 3.37. The van der Waals surface area contributed by atoms with Gasteiger partial charge in [-0.3, -0.25) is 27.1 Å². The monoisotopic (exact) mass is 716 g/mol. The number of nitrogens with zero attached hydrogens (tertiary/aromatic N) is 6. The van der Waals surface area contributed by atoms with Crippen molar-refractivity contribution in [2.45, 2.75) is 26.9 Å². The third-order valence-electron chi connectivity index (χ3n) is 4.01. The van der Waals surface area contributed by atoms with Gasteiger partial charge >= 0.3 is 18.3 Å². The Bertz CT molecular complexity index is 1040. The van der Waals surface area contributed by atoms with E-state index in [1.54, 1.807) is 39.5 Å². The maximum atomic E-state index is 12.6. The van der Waals surface area contributed by atoms with Gasteiger partial charge in [-0.25, -0.2) is 39.9 Å². The third kappa shape index (κ3) is 16.2. The first-order valence-electron chi connectivity index (χ1n) is 11.0. The molecule has 3 unspecified atom stereocenters. The first-order valence-corrected chi connectivity index (χ1v) is 17.7. The summed E-state index contributed by atoms with van der Waals surface area (Å²) >= 11 is -3.87. The number of rotatable bonds is 14. The standard InChI is InChI=1S/C18H32N6O12S6/c1-12(37-7)19-33-16(25)22(4)40(28)31-10-15(36-42(30)24(6)18(27)35-21-14(3)39-9)11-32-41(29)23(5)17(26)34-20-13(2)38-8/h15H,10-11H2,1-9H3. The van der Waals surface area contributed by atoms with Gasteiger partial charge in [-0.2, -0.15) is 0 Å². The van der Waals surface area contributed by atoms with Gasteiger partial charge in [0.1, 0.15) is 21.2 Å². The summed E-state index contributed by atoms with van der Waals surface area (Å²) in [5.74, 6) is 0. The minimum atomic E-state index is -2.55. The fraction of sp³-hybridized carbons (Fsp3) is 0.667. The fourth-order valence-electron chi connectivity index (χ4n) is 1.49. The summed E-state index contributed by atoms with van der Waals surface area (Å²) in [7, 11) is 3.24. The van der Waals surface area contributed by atoms with Crippen LogP contribution in [0.5, 0.6) is 0 Å². The zero-order valence-electron chi connectivity index (χ0n) is 24.0. The van der Waals surface area contributed by atoms with Crippen LogP contribution in [0, 0.1) is 0 Å². The molecule has 0 saturated heterocycles. The number of hydrogen-bond donors (Lipinski definition) is 0. The molecule has 0 aromatic heterocycles. The smallest absolute Gasteiger partial charge is 0.296 e. The fourth-order valence-corrected chi connectivity index (χ4v) is 3.61. The molecular weight excluding hydrogens is 685 g/mol. The lowest BCUT2D eigenvalue weighted by atomic mass is 10.4. The van der Waals surface area contributed by atoms with Crippen LogP contribution in [0.4, 0.5) is 14.4 Å². The molecule has 0 aromatic carbocycles. The molecule has 18 nitrogen and oxygen atoms in total. The summed E-state index contributed by atoms with van der Waals surface area (Å²) in [5.41, 5.74) is 0. The number of thioether (sulfide) groups is 3. The lowest BCUT2D eigenvalue weighted by Crippen LogP contribution is -2.38. The molecule has 0 heterocycles. The van der Waals surface area contributed by atoms with Crippen LogP contribution in [0.1, 0.15) is 20.8 Å². The molecule has 0 spiro atoms. The first-order chi connectivity index (χ1) is 19.7. The summed E-state index contributed by atoms with van der Waals surface area (Å²) in [4.78, 5) is 50.1. The maximum Gasteiger partial charge on any atom is 0.449 e. The summed E-state index contributed by atoms with van der Waals surface area (Å²) in [6, 6.07) is 0. The summed E-state index contributed by atoms with van der Waals surface area (Å²) in [6.07, 6.45) is 0.267. The van der Waals surface area contributed by atoms with E-state index in [2.05, 4.69) is 30.0 Å². The molecule has 0 saturated carbocycles. The maximum absolute atomic E-state index is 12.6. The van der Waals surface area contributed by atoms with E-state index in [-0.39, 0.29) is 0 Å². The molecule has 0 rings (SSSR count). The van der Waals surface area contributed by atoms with Crippen molar-refractivity contribution in [2.75, 3.05) is 53.1 Å². The minimum absolute atomic E-state index is 0.405. The molecule has 0 N–H and O–H groups in total. The van der Waals surface area contributed by atoms with Gasteiger partial charge in [0.25, 0.3) is 33.8 Å². The van der Waals surface area contributed by atoms with Gasteiger partial charge in [0.15, 0.2) is 0 Å². The summed E-state index contributed by atoms with van der Waals surface area (Å²) < 4.78 is 54.6. The molecule has 242 valence electrons. The van der Waals surface area contributed by atoms with E-state index in [0.717, 1.165) is 21.1 Å². The highest BCUT2D eigenvalue weighted by Crippen LogP contribution is 2.10. The van der Waals surface area contributed by atoms with Gasteiger partial charge < -0.3 is 0 Å². The first kappa shape index (κ1) is 40.2. The Labute approximate surface area is 263 Å². The van der Waals surface area contributed by atoms with Gasteiger partial charge in [-0.1, -0.05) is 15.5 Å². The number of oxime groups is 3. The van der Waals surface area contributed by atoms with Crippen LogP contribution < -0.4 is 0 Å². The van der Waals surface area contributed by atoms with Crippen molar-refractivity contribution < 1.29 is 54.1 Å². The van der Waals surface area contributed by atoms with Crippen LogP contribution in [0.15, 0.2) is 15.5 Å². The van der Waals surface area contributed by atoms with Crippen molar-refractivity contribution in [1.29, 1.82) is 0 Å². The zero-order chi connectivity index (χ0) is 32.4. The van der Waals surface area contributed by atoms with E-state index < -0.39 is 71.4 Å². The predicted octanol–water partition coefficient (Wildman–Crippen LogP) is 2.44. The highest BCUT2D eigenvalue weighted by molar-refractivity contribution is 8.13. The van der Waals surface area contributed by atoms with Gasteiger partial charge in [0, 0.05) is 21.1 Å². The highest BCUT2D eigenvalue weighted by Gasteiger charge is 2.27. The molecule has 0 aromatic rings. The van der Waals surface area contributed by atoms with E-state index in [1.165, 1.54) is 35.3 Å². The van der Waals surface area contributed by atoms with Crippen LogP contribution >= 0.6 is 35.3 Å². The van der Waals surface area contributed by atoms with Crippen molar-refractivity contribution in [3.63, 3.8) is 0 Å². The normalized spacial score (nSPS) is 15.2. The van der Waals surface area contributed by atoms with Crippen LogP contribution in [-0.2, 0) is 60.9 Å². The Morgan fingerprint density at radius 2 is 0.905 bits per heavy atom. The highest BCUT2D eigenvalue weighted by atomic mass is 32.2. The van der Waals surface area contributed by atoms with Crippen molar-refractivity contribution in [3.05, 3.63) is 0 Å². The van der Waals surface area contributed by atoms with E-state index in [0.29, 0.717) is 28.0 Å². The van der Waals surface area contributed by atoms with Gasteiger partial charge in [0.05, 0.1) is 13.2 Å². The van der Waals surface area contributed by atoms with Gasteiger partial charge in [-0.15, -0.1) is 35.3 Å². The Balaban J connectivity index is 5.49. The lowest BCUT2D eigenvalue weighted by Gasteiger charge is -2.21. The van der Waals surface area contributed by atoms with E-state index in [9.17, 15) is 27.0 Å². The molecule has 0 bridgehead atoms. The van der Waals surface area contributed by atoms with Crippen LogP contribution in [0.3, 0.4) is 0 Å². The second-order valence-electron chi connectivity index (χ2n) is 6.95. The molecule has 0 aliphatic heterocycles. The topological polar surface area (TPSA) is 205 Å². The van der Waals surface area contributed by atoms with Crippen molar-refractivity contribution in [1.82, 2.24) is 12.9 Å². The van der Waals surface area contributed by atoms with Crippen LogP contribution in [0.25, 0.3) is 0 Å². The zero-order valence-corrected chi connectivity index (χ0v) is 28.9. The van der Waals surface area contributed by atoms with Crippen LogP contribution in [-0.4, -0.2) is 118 Å². The second kappa shape index (κ2) is 21.8. The van der Waals surface area contributed by atoms with Crippen molar-refractivity contribution >= 4 is 102 Å². The number of hydrogen-bond acceptors (Lipinski definition) is 18. The number of amides is 3. The van der Waals surface area contributed by atoms with Crippen molar-refractivity contribution in [3.8, 4) is 0 Å². The van der Waals surface area contributed by atoms with Crippen LogP contribution in [0.2, 0.25) is 0 Å². The average Bonchev–Trinajstić information content (AvgIpc) is 2.99. The molecular formula is C18H32N6O12S6. The number of carbonyl (C=O) groups is 3. The lowest BCUT2D eigenvalue weighted by molar-refractivity contribution is 0.0857. The largest absolute Gasteiger partial charge is 0.449 e. The molecule has 0 radical (unpaired) electrons. The molecule has 24 heteroatoms. The Hall–Kier alpha value is -1.80. The molecule has 0 fully saturated rings. The molecule has 0 aliphatic rings. The summed E-state index contributed by atoms with van der Waals surface area (Å²) in [5, 5.41) is 11.8. The molecule has 3 amide bonds. The molecule has 0 aliphatic carbocycles. The van der Waals surface area contributed by atoms with E-state index in [1.807, 2.05) is 0 Å². The average molecular weight is 717 g/mol. The van der Waals surface area contributed by atoms with Crippen molar-refractivity contribution in [2.24, 2.45) is 15.5 Å². The Kier molecular flexibility index (Phi) is 20.9. The predicted molar refractivity (Wildman–Crippen MR) is 164 cm³/mol. The van der Waals surface area contributed by atoms with Gasteiger partial charge in [0.2, 0.25) is 0 Å². The molecule has 42 heavy (non-hydrogen) atoms. The third-order valence-corrected chi connectivity index (χ3v) is 8.91. The quantitative estimate of drug-likeness (QED) is 0.110. The Morgan fingerprint density at radius 1 is 0.619 bits per heavy atom. The van der Waals surface area contributed by atoms with E-state index in [4.69, 9.17) is 12.5 Å². The SMILES string of the molecule is CSC(C)=NOC(=O)N(C)S(=O)OCC(COS(=O)N(C)C(=O)ON=C(C)SC)OS(=O)N(C)C(=O)ON=C(C)SC. The second-order valence-corrected chi connectivity index (χ2v) is 13.6.